The average molecular weight is 466 g/mol. The van der Waals surface area contributed by atoms with Crippen molar-refractivity contribution in [1.29, 1.82) is 0 Å². The number of likely N-dealkylation sites (tertiary alicyclic amines) is 1. The normalized spacial score (nSPS) is 18.7. The van der Waals surface area contributed by atoms with Gasteiger partial charge in [0.05, 0.1) is 18.2 Å². The monoisotopic (exact) mass is 465 g/mol. The van der Waals surface area contributed by atoms with Crippen molar-refractivity contribution < 1.29 is 19.5 Å². The lowest BCUT2D eigenvalue weighted by Gasteiger charge is -2.36. The number of phenolic OH excluding ortho intramolecular Hbond substituents is 1. The number of carbonyl (C=O) groups is 3. The first-order valence-electron chi connectivity index (χ1n) is 11.6. The summed E-state index contributed by atoms with van der Waals surface area (Å²) in [4.78, 5) is 43.1. The van der Waals surface area contributed by atoms with Crippen LogP contribution in [0.15, 0.2) is 42.5 Å². The molecule has 2 aromatic carbocycles. The van der Waals surface area contributed by atoms with E-state index in [9.17, 15) is 19.5 Å². The van der Waals surface area contributed by atoms with E-state index in [0.717, 1.165) is 18.8 Å². The van der Waals surface area contributed by atoms with E-state index in [4.69, 9.17) is 5.73 Å². The zero-order valence-electron chi connectivity index (χ0n) is 19.4. The highest BCUT2D eigenvalue weighted by molar-refractivity contribution is 5.94. The third-order valence-electron chi connectivity index (χ3n) is 6.57. The first kappa shape index (κ1) is 23.6. The van der Waals surface area contributed by atoms with Gasteiger partial charge in [0.2, 0.25) is 11.8 Å². The van der Waals surface area contributed by atoms with E-state index in [2.05, 4.69) is 10.2 Å². The highest BCUT2D eigenvalue weighted by Gasteiger charge is 2.31. The van der Waals surface area contributed by atoms with E-state index in [0.29, 0.717) is 50.4 Å². The van der Waals surface area contributed by atoms with Crippen LogP contribution in [0.1, 0.15) is 23.7 Å². The van der Waals surface area contributed by atoms with Gasteiger partial charge in [-0.3, -0.25) is 19.3 Å². The number of nitrogens with two attached hydrogens (primary N) is 1. The first-order valence-corrected chi connectivity index (χ1v) is 11.6. The second-order valence-corrected chi connectivity index (χ2v) is 8.95. The molecular formula is C25H31N5O4. The topological polar surface area (TPSA) is 119 Å². The van der Waals surface area contributed by atoms with Crippen molar-refractivity contribution in [2.24, 2.45) is 5.92 Å². The van der Waals surface area contributed by atoms with E-state index in [1.807, 2.05) is 34.1 Å². The number of nitrogens with zero attached hydrogens (tertiary/aromatic N) is 3. The molecule has 1 atom stereocenters. The maximum Gasteiger partial charge on any atom is 0.236 e. The van der Waals surface area contributed by atoms with Crippen LogP contribution in [0.3, 0.4) is 0 Å². The summed E-state index contributed by atoms with van der Waals surface area (Å²) in [7, 11) is 0. The Bertz CT molecular complexity index is 1060. The summed E-state index contributed by atoms with van der Waals surface area (Å²) >= 11 is 0. The Morgan fingerprint density at radius 3 is 2.38 bits per heavy atom. The molecule has 2 aromatic rings. The zero-order valence-corrected chi connectivity index (χ0v) is 19.4. The van der Waals surface area contributed by atoms with Gasteiger partial charge in [0.15, 0.2) is 5.78 Å². The van der Waals surface area contributed by atoms with Crippen molar-refractivity contribution in [3.8, 4) is 5.75 Å². The van der Waals surface area contributed by atoms with Gasteiger partial charge in [-0.15, -0.1) is 0 Å². The van der Waals surface area contributed by atoms with E-state index < -0.39 is 0 Å². The molecule has 2 aliphatic heterocycles. The predicted octanol–water partition coefficient (Wildman–Crippen LogP) is 1.79. The Balaban J connectivity index is 1.22. The van der Waals surface area contributed by atoms with Crippen LogP contribution >= 0.6 is 0 Å². The molecule has 0 saturated carbocycles. The highest BCUT2D eigenvalue weighted by atomic mass is 16.3. The van der Waals surface area contributed by atoms with Gasteiger partial charge in [0.25, 0.3) is 0 Å². The quantitative estimate of drug-likeness (QED) is 0.258. The fourth-order valence-corrected chi connectivity index (χ4v) is 4.48. The van der Waals surface area contributed by atoms with Crippen molar-refractivity contribution in [1.82, 2.24) is 9.80 Å². The summed E-state index contributed by atoms with van der Waals surface area (Å²) < 4.78 is 0. The maximum atomic E-state index is 12.8. The minimum Gasteiger partial charge on any atom is -0.506 e. The van der Waals surface area contributed by atoms with Crippen molar-refractivity contribution in [2.45, 2.75) is 13.3 Å². The molecule has 2 heterocycles. The van der Waals surface area contributed by atoms with E-state index >= 15 is 0 Å². The van der Waals surface area contributed by atoms with Crippen LogP contribution < -0.4 is 16.0 Å². The average Bonchev–Trinajstić information content (AvgIpc) is 3.30. The second-order valence-electron chi connectivity index (χ2n) is 8.95. The summed E-state index contributed by atoms with van der Waals surface area (Å²) in [5.41, 5.74) is 8.20. The van der Waals surface area contributed by atoms with Crippen LogP contribution in [0.25, 0.3) is 0 Å². The molecule has 2 aliphatic rings. The molecule has 0 aromatic heterocycles. The Morgan fingerprint density at radius 1 is 1.03 bits per heavy atom. The van der Waals surface area contributed by atoms with Crippen LogP contribution in [0.5, 0.6) is 5.75 Å². The largest absolute Gasteiger partial charge is 0.506 e. The van der Waals surface area contributed by atoms with Gasteiger partial charge in [-0.2, -0.15) is 0 Å². The summed E-state index contributed by atoms with van der Waals surface area (Å²) in [6.07, 6.45) is 0.691. The number of anilines is 3. The number of nitrogen functional groups attached to an aromatic ring is 1. The van der Waals surface area contributed by atoms with Gasteiger partial charge in [0, 0.05) is 49.7 Å². The number of hydrogen-bond donors (Lipinski definition) is 3. The Labute approximate surface area is 199 Å². The number of rotatable bonds is 6. The maximum absolute atomic E-state index is 12.8. The van der Waals surface area contributed by atoms with Gasteiger partial charge in [0.1, 0.15) is 5.75 Å². The van der Waals surface area contributed by atoms with E-state index in [1.165, 1.54) is 12.1 Å². The van der Waals surface area contributed by atoms with E-state index in [1.54, 1.807) is 13.0 Å². The fourth-order valence-electron chi connectivity index (χ4n) is 4.48. The molecular weight excluding hydrogens is 434 g/mol. The highest BCUT2D eigenvalue weighted by Crippen LogP contribution is 2.25. The van der Waals surface area contributed by atoms with Gasteiger partial charge in [-0.25, -0.2) is 0 Å². The molecule has 2 fully saturated rings. The minimum absolute atomic E-state index is 0.0183. The smallest absolute Gasteiger partial charge is 0.236 e. The lowest BCUT2D eigenvalue weighted by atomic mass is 10.1. The second kappa shape index (κ2) is 10.1. The van der Waals surface area contributed by atoms with Crippen LogP contribution in [0.2, 0.25) is 0 Å². The molecule has 0 spiro atoms. The number of benzene rings is 2. The lowest BCUT2D eigenvalue weighted by molar-refractivity contribution is -0.132. The standard InChI is InChI=1S/C25H31N5O4/c1-17(31)18-2-5-21(6-3-18)29-10-12-30(13-11-29)24(33)16-28-9-8-19(15-28)25(34)27-20-4-7-23(32)22(26)14-20/h2-7,14,19,32H,8-13,15-16,26H2,1H3,(H,27,34)/t19-/m1/s1. The van der Waals surface area contributed by atoms with Crippen molar-refractivity contribution >= 4 is 34.7 Å². The number of ketones is 1. The molecule has 2 amide bonds. The third-order valence-corrected chi connectivity index (χ3v) is 6.57. The SMILES string of the molecule is CC(=O)c1ccc(N2CCN(C(=O)CN3CC[C@@H](C(=O)Nc4ccc(O)c(N)c4)C3)CC2)cc1. The van der Waals surface area contributed by atoms with Crippen LogP contribution in [0, 0.1) is 5.92 Å². The summed E-state index contributed by atoms with van der Waals surface area (Å²) in [5.74, 6) is -0.190. The molecule has 4 rings (SSSR count). The van der Waals surface area contributed by atoms with Crippen molar-refractivity contribution in [3.63, 3.8) is 0 Å². The van der Waals surface area contributed by atoms with E-state index in [-0.39, 0.29) is 35.0 Å². The molecule has 9 heteroatoms. The molecule has 2 saturated heterocycles. The number of Topliss-reactive ketones (excluding diaryl/α,β-unsaturated/α-hetero) is 1. The number of nitrogens with one attached hydrogen (secondary N) is 1. The first-order chi connectivity index (χ1) is 16.3. The number of carbonyl (C=O) groups excluding carboxylic acids is 3. The summed E-state index contributed by atoms with van der Waals surface area (Å²) in [5, 5.41) is 12.4. The number of amides is 2. The number of aromatic hydroxyl groups is 1. The molecule has 180 valence electrons. The number of phenols is 1. The van der Waals surface area contributed by atoms with Gasteiger partial charge in [-0.05, 0) is 62.4 Å². The fraction of sp³-hybridized carbons (Fsp3) is 0.400. The summed E-state index contributed by atoms with van der Waals surface area (Å²) in [6, 6.07) is 12.2. The van der Waals surface area contributed by atoms with Gasteiger partial charge < -0.3 is 26.0 Å². The molecule has 4 N–H and O–H groups in total. The molecule has 0 bridgehead atoms. The van der Waals surface area contributed by atoms with Crippen LogP contribution in [0.4, 0.5) is 17.1 Å². The predicted molar refractivity (Wildman–Crippen MR) is 131 cm³/mol. The number of piperazine rings is 1. The van der Waals surface area contributed by atoms with Crippen molar-refractivity contribution in [2.75, 3.05) is 61.8 Å². The summed E-state index contributed by atoms with van der Waals surface area (Å²) in [6.45, 7) is 5.87. The number of hydrogen-bond acceptors (Lipinski definition) is 7. The molecule has 0 radical (unpaired) electrons. The lowest BCUT2D eigenvalue weighted by Crippen LogP contribution is -2.51. The van der Waals surface area contributed by atoms with Crippen LogP contribution in [-0.4, -0.2) is 78.3 Å². The van der Waals surface area contributed by atoms with Crippen LogP contribution in [-0.2, 0) is 9.59 Å². The minimum atomic E-state index is -0.197. The molecule has 0 aliphatic carbocycles. The zero-order chi connectivity index (χ0) is 24.2. The van der Waals surface area contributed by atoms with Gasteiger partial charge in [-0.1, -0.05) is 0 Å². The Hall–Kier alpha value is -3.59. The Kier molecular flexibility index (Phi) is 7.02. The Morgan fingerprint density at radius 2 is 1.74 bits per heavy atom. The molecule has 34 heavy (non-hydrogen) atoms. The van der Waals surface area contributed by atoms with Gasteiger partial charge >= 0.3 is 0 Å². The van der Waals surface area contributed by atoms with Crippen molar-refractivity contribution in [3.05, 3.63) is 48.0 Å². The molecule has 9 nitrogen and oxygen atoms in total. The third kappa shape index (κ3) is 5.48. The molecule has 0 unspecified atom stereocenters.